The van der Waals surface area contributed by atoms with Crippen molar-refractivity contribution in [2.75, 3.05) is 11.9 Å². The molecule has 2 atom stereocenters. The lowest BCUT2D eigenvalue weighted by molar-refractivity contribution is -0.142. The number of anilines is 1. The number of carboxylic acids is 1. The number of aliphatic carboxylic acids is 1. The van der Waals surface area contributed by atoms with Crippen LogP contribution in [0.2, 0.25) is 5.02 Å². The van der Waals surface area contributed by atoms with Gasteiger partial charge in [0.2, 0.25) is 0 Å². The van der Waals surface area contributed by atoms with Crippen LogP contribution in [0.4, 0.5) is 5.69 Å². The van der Waals surface area contributed by atoms with E-state index in [9.17, 15) is 9.90 Å². The van der Waals surface area contributed by atoms with Crippen LogP contribution in [-0.2, 0) is 11.2 Å². The zero-order valence-corrected chi connectivity index (χ0v) is 10.6. The van der Waals surface area contributed by atoms with E-state index < -0.39 is 11.9 Å². The van der Waals surface area contributed by atoms with Crippen molar-refractivity contribution in [2.24, 2.45) is 5.92 Å². The number of aromatic nitrogens is 1. The summed E-state index contributed by atoms with van der Waals surface area (Å²) in [6, 6.07) is 1.85. The lowest BCUT2D eigenvalue weighted by Gasteiger charge is -2.38. The Bertz CT molecular complexity index is 450. The maximum absolute atomic E-state index is 11.3. The van der Waals surface area contributed by atoms with E-state index in [4.69, 9.17) is 11.6 Å². The molecule has 92 valence electrons. The molecule has 2 unspecified atom stereocenters. The van der Waals surface area contributed by atoms with Crippen LogP contribution in [0.3, 0.4) is 0 Å². The minimum Gasteiger partial charge on any atom is -0.481 e. The van der Waals surface area contributed by atoms with Crippen molar-refractivity contribution in [3.05, 3.63) is 23.0 Å². The molecule has 1 aliphatic rings. The Morgan fingerprint density at radius 3 is 3.00 bits per heavy atom. The summed E-state index contributed by atoms with van der Waals surface area (Å²) < 4.78 is 0. The quantitative estimate of drug-likeness (QED) is 0.879. The third-order valence-corrected chi connectivity index (χ3v) is 3.61. The molecule has 0 fully saturated rings. The van der Waals surface area contributed by atoms with Gasteiger partial charge in [0, 0.05) is 25.7 Å². The van der Waals surface area contributed by atoms with Gasteiger partial charge in [-0.1, -0.05) is 18.5 Å². The monoisotopic (exact) mass is 254 g/mol. The molecule has 0 saturated carbocycles. The number of nitrogens with zero attached hydrogens (tertiary/aromatic N) is 2. The highest BCUT2D eigenvalue weighted by atomic mass is 35.5. The van der Waals surface area contributed by atoms with Crippen molar-refractivity contribution in [3.63, 3.8) is 0 Å². The molecule has 0 aliphatic carbocycles. The number of hydrogen-bond donors (Lipinski definition) is 1. The SMILES string of the molecule is CCC1C(C(=O)O)Cc2ncc(Cl)cc2N1C. The molecule has 0 spiro atoms. The van der Waals surface area contributed by atoms with Crippen LogP contribution in [0.5, 0.6) is 0 Å². The first-order chi connectivity index (χ1) is 8.04. The lowest BCUT2D eigenvalue weighted by atomic mass is 9.87. The second kappa shape index (κ2) is 4.53. The molecule has 0 aromatic carbocycles. The number of hydrogen-bond acceptors (Lipinski definition) is 3. The Morgan fingerprint density at radius 1 is 1.71 bits per heavy atom. The predicted octanol–water partition coefficient (Wildman–Crippen LogP) is 2.21. The molecular formula is C12H15ClN2O2. The topological polar surface area (TPSA) is 53.4 Å². The normalized spacial score (nSPS) is 23.4. The van der Waals surface area contributed by atoms with Gasteiger partial charge in [0.15, 0.2) is 0 Å². The Morgan fingerprint density at radius 2 is 2.41 bits per heavy atom. The van der Waals surface area contributed by atoms with Crippen LogP contribution < -0.4 is 4.90 Å². The first-order valence-electron chi connectivity index (χ1n) is 5.64. The third kappa shape index (κ3) is 2.09. The summed E-state index contributed by atoms with van der Waals surface area (Å²) in [4.78, 5) is 17.5. The number of carbonyl (C=O) groups is 1. The fraction of sp³-hybridized carbons (Fsp3) is 0.500. The van der Waals surface area contributed by atoms with Gasteiger partial charge in [-0.05, 0) is 12.5 Å². The van der Waals surface area contributed by atoms with Crippen LogP contribution in [-0.4, -0.2) is 29.1 Å². The summed E-state index contributed by atoms with van der Waals surface area (Å²) in [5.41, 5.74) is 1.76. The van der Waals surface area contributed by atoms with Crippen molar-refractivity contribution in [2.45, 2.75) is 25.8 Å². The lowest BCUT2D eigenvalue weighted by Crippen LogP contribution is -2.46. The summed E-state index contributed by atoms with van der Waals surface area (Å²) in [5, 5.41) is 9.84. The second-order valence-corrected chi connectivity index (χ2v) is 4.79. The molecule has 2 rings (SSSR count). The van der Waals surface area contributed by atoms with Crippen molar-refractivity contribution >= 4 is 23.3 Å². The molecule has 17 heavy (non-hydrogen) atoms. The molecule has 0 amide bonds. The van der Waals surface area contributed by atoms with E-state index in [-0.39, 0.29) is 6.04 Å². The van der Waals surface area contributed by atoms with Gasteiger partial charge < -0.3 is 10.0 Å². The van der Waals surface area contributed by atoms with Crippen molar-refractivity contribution in [1.82, 2.24) is 4.98 Å². The van der Waals surface area contributed by atoms with Crippen molar-refractivity contribution in [1.29, 1.82) is 0 Å². The smallest absolute Gasteiger partial charge is 0.308 e. The van der Waals surface area contributed by atoms with Gasteiger partial charge in [0.05, 0.1) is 22.3 Å². The number of pyridine rings is 1. The average molecular weight is 255 g/mol. The summed E-state index contributed by atoms with van der Waals surface area (Å²) in [5.74, 6) is -1.16. The maximum atomic E-state index is 11.3. The molecule has 0 radical (unpaired) electrons. The van der Waals surface area contributed by atoms with Crippen molar-refractivity contribution in [3.8, 4) is 0 Å². The Kier molecular flexibility index (Phi) is 3.24. The maximum Gasteiger partial charge on any atom is 0.308 e. The van der Waals surface area contributed by atoms with Gasteiger partial charge in [-0.15, -0.1) is 0 Å². The van der Waals surface area contributed by atoms with E-state index in [1.165, 1.54) is 0 Å². The summed E-state index contributed by atoms with van der Waals surface area (Å²) in [6.07, 6.45) is 2.84. The van der Waals surface area contributed by atoms with Gasteiger partial charge in [-0.3, -0.25) is 9.78 Å². The average Bonchev–Trinajstić information content (AvgIpc) is 2.29. The minimum absolute atomic E-state index is 0.000247. The number of carboxylic acid groups (broad SMARTS) is 1. The Hall–Kier alpha value is -1.29. The third-order valence-electron chi connectivity index (χ3n) is 3.40. The summed E-state index contributed by atoms with van der Waals surface area (Å²) in [7, 11) is 1.90. The number of fused-ring (bicyclic) bond motifs is 1. The summed E-state index contributed by atoms with van der Waals surface area (Å²) in [6.45, 7) is 2.00. The van der Waals surface area contributed by atoms with E-state index in [0.717, 1.165) is 17.8 Å². The molecule has 0 bridgehead atoms. The largest absolute Gasteiger partial charge is 0.481 e. The molecule has 5 heteroatoms. The second-order valence-electron chi connectivity index (χ2n) is 4.35. The Balaban J connectivity index is 2.44. The highest BCUT2D eigenvalue weighted by Gasteiger charge is 2.36. The predicted molar refractivity (Wildman–Crippen MR) is 66.6 cm³/mol. The molecule has 1 aromatic heterocycles. The van der Waals surface area contributed by atoms with E-state index in [2.05, 4.69) is 4.98 Å². The van der Waals surface area contributed by atoms with Gasteiger partial charge in [0.25, 0.3) is 0 Å². The highest BCUT2D eigenvalue weighted by molar-refractivity contribution is 6.30. The van der Waals surface area contributed by atoms with E-state index in [1.807, 2.05) is 24.9 Å². The van der Waals surface area contributed by atoms with Crippen LogP contribution in [0.1, 0.15) is 19.0 Å². The van der Waals surface area contributed by atoms with Gasteiger partial charge in [-0.25, -0.2) is 0 Å². The van der Waals surface area contributed by atoms with Gasteiger partial charge >= 0.3 is 5.97 Å². The fourth-order valence-corrected chi connectivity index (χ4v) is 2.67. The minimum atomic E-state index is -0.758. The molecule has 0 saturated heterocycles. The fourth-order valence-electron chi connectivity index (χ4n) is 2.52. The van der Waals surface area contributed by atoms with Gasteiger partial charge in [-0.2, -0.15) is 0 Å². The van der Waals surface area contributed by atoms with E-state index >= 15 is 0 Å². The first kappa shape index (κ1) is 12.2. The van der Waals surface area contributed by atoms with E-state index in [0.29, 0.717) is 11.4 Å². The Labute approximate surface area is 105 Å². The highest BCUT2D eigenvalue weighted by Crippen LogP contribution is 2.34. The zero-order chi connectivity index (χ0) is 12.6. The van der Waals surface area contributed by atoms with Crippen LogP contribution in [0.15, 0.2) is 12.3 Å². The van der Waals surface area contributed by atoms with Gasteiger partial charge in [0.1, 0.15) is 0 Å². The molecule has 1 N–H and O–H groups in total. The molecular weight excluding hydrogens is 240 g/mol. The standard InChI is InChI=1S/C12H15ClN2O2/c1-3-10-8(12(16)17)5-9-11(15(10)2)4-7(13)6-14-9/h4,6,8,10H,3,5H2,1-2H3,(H,16,17). The number of rotatable bonds is 2. The summed E-state index contributed by atoms with van der Waals surface area (Å²) >= 11 is 5.93. The molecule has 2 heterocycles. The van der Waals surface area contributed by atoms with E-state index in [1.54, 1.807) is 6.20 Å². The molecule has 1 aromatic rings. The van der Waals surface area contributed by atoms with Crippen molar-refractivity contribution < 1.29 is 9.90 Å². The number of halogens is 1. The van der Waals surface area contributed by atoms with Crippen LogP contribution >= 0.6 is 11.6 Å². The van der Waals surface area contributed by atoms with Crippen LogP contribution in [0, 0.1) is 5.92 Å². The zero-order valence-electron chi connectivity index (χ0n) is 9.85. The molecule has 1 aliphatic heterocycles. The molecule has 4 nitrogen and oxygen atoms in total. The van der Waals surface area contributed by atoms with Crippen LogP contribution in [0.25, 0.3) is 0 Å². The first-order valence-corrected chi connectivity index (χ1v) is 6.02.